The monoisotopic (exact) mass is 438 g/mol. The van der Waals surface area contributed by atoms with Crippen molar-refractivity contribution in [3.63, 3.8) is 0 Å². The Kier molecular flexibility index (Phi) is 7.59. The smallest absolute Gasteiger partial charge is 0.338 e. The van der Waals surface area contributed by atoms with Gasteiger partial charge < -0.3 is 20.1 Å². The van der Waals surface area contributed by atoms with E-state index in [0.29, 0.717) is 24.0 Å². The lowest BCUT2D eigenvalue weighted by atomic mass is 10.1. The number of rotatable bonds is 2. The van der Waals surface area contributed by atoms with Gasteiger partial charge in [0.1, 0.15) is 13.2 Å². The number of nitrogens with one attached hydrogen (secondary N) is 2. The highest BCUT2D eigenvalue weighted by Crippen LogP contribution is 2.12. The lowest BCUT2D eigenvalue weighted by molar-refractivity contribution is 0.0449. The molecular weight excluding hydrogens is 412 g/mol. The van der Waals surface area contributed by atoms with Crippen LogP contribution in [0.2, 0.25) is 0 Å². The highest BCUT2D eigenvalue weighted by Gasteiger charge is 2.20. The Morgan fingerprint density at radius 2 is 1.06 bits per heavy atom. The Bertz CT molecular complexity index is 947. The molecule has 0 aromatic heterocycles. The highest BCUT2D eigenvalue weighted by molar-refractivity contribution is 6.00. The molecule has 4 bridgehead atoms. The normalized spacial score (nSPS) is 20.2. The second kappa shape index (κ2) is 10.6. The summed E-state index contributed by atoms with van der Waals surface area (Å²) in [6, 6.07) is 11.5. The zero-order valence-electron chi connectivity index (χ0n) is 18.1. The molecule has 8 nitrogen and oxygen atoms in total. The van der Waals surface area contributed by atoms with Gasteiger partial charge in [0.15, 0.2) is 0 Å². The first-order chi connectivity index (χ1) is 15.4. The molecule has 168 valence electrons. The number of amides is 2. The summed E-state index contributed by atoms with van der Waals surface area (Å²) in [6.07, 6.45) is 1.06. The van der Waals surface area contributed by atoms with Crippen LogP contribution in [0.4, 0.5) is 0 Å². The molecule has 0 spiro atoms. The molecule has 1 aliphatic rings. The van der Waals surface area contributed by atoms with Crippen molar-refractivity contribution in [3.05, 3.63) is 70.8 Å². The Morgan fingerprint density at radius 3 is 1.47 bits per heavy atom. The van der Waals surface area contributed by atoms with Crippen molar-refractivity contribution in [2.45, 2.75) is 38.8 Å². The molecule has 2 amide bonds. The van der Waals surface area contributed by atoms with E-state index >= 15 is 0 Å². The van der Waals surface area contributed by atoms with Gasteiger partial charge in [-0.1, -0.05) is 26.0 Å². The summed E-state index contributed by atoms with van der Waals surface area (Å²) in [6.45, 7) is 3.65. The minimum atomic E-state index is -0.603. The topological polar surface area (TPSA) is 111 Å². The van der Waals surface area contributed by atoms with Gasteiger partial charge in [0.2, 0.25) is 0 Å². The molecule has 2 aromatic rings. The van der Waals surface area contributed by atoms with E-state index in [0.717, 1.165) is 0 Å². The van der Waals surface area contributed by atoms with E-state index in [9.17, 15) is 19.2 Å². The molecule has 0 saturated heterocycles. The van der Waals surface area contributed by atoms with E-state index < -0.39 is 24.0 Å². The number of cyclic esters (lactones) is 2. The van der Waals surface area contributed by atoms with Gasteiger partial charge in [0, 0.05) is 11.1 Å². The van der Waals surface area contributed by atoms with E-state index in [1.54, 1.807) is 24.3 Å². The Labute approximate surface area is 186 Å². The standard InChI is InChI=1S/C24H26N2O6/c1-3-19-13-31-23(29)17-9-6-10-18(12-17)24(30)32-14-20(4-2)26-22(28)16-8-5-7-15(11-16)21(27)25-19/h5-12,19-20H,3-4,13-14H2,1-2H3,(H,25,27)(H,26,28)/t19-,20+. The lowest BCUT2D eigenvalue weighted by Crippen LogP contribution is -2.39. The van der Waals surface area contributed by atoms with Crippen molar-refractivity contribution in [1.82, 2.24) is 10.6 Å². The largest absolute Gasteiger partial charge is 0.460 e. The predicted molar refractivity (Wildman–Crippen MR) is 117 cm³/mol. The maximum atomic E-state index is 12.7. The molecular formula is C24H26N2O6. The van der Waals surface area contributed by atoms with Crippen molar-refractivity contribution in [2.75, 3.05) is 13.2 Å². The van der Waals surface area contributed by atoms with Crippen LogP contribution in [0.15, 0.2) is 48.5 Å². The summed E-state index contributed by atoms with van der Waals surface area (Å²) in [4.78, 5) is 50.3. The first-order valence-corrected chi connectivity index (χ1v) is 10.6. The molecule has 2 atom stereocenters. The first kappa shape index (κ1) is 23.0. The van der Waals surface area contributed by atoms with E-state index in [-0.39, 0.29) is 36.2 Å². The van der Waals surface area contributed by atoms with E-state index in [1.807, 2.05) is 13.8 Å². The molecule has 1 aliphatic heterocycles. The number of hydrogen-bond donors (Lipinski definition) is 2. The minimum Gasteiger partial charge on any atom is -0.460 e. The molecule has 3 rings (SSSR count). The van der Waals surface area contributed by atoms with Gasteiger partial charge in [0.05, 0.1) is 23.2 Å². The summed E-state index contributed by atoms with van der Waals surface area (Å²) in [5, 5.41) is 5.65. The number of carbonyl (C=O) groups is 4. The molecule has 0 aliphatic carbocycles. The molecule has 8 heteroatoms. The average Bonchev–Trinajstić information content (AvgIpc) is 2.83. The second-order valence-electron chi connectivity index (χ2n) is 7.52. The number of fused-ring (bicyclic) bond motifs is 4. The van der Waals surface area contributed by atoms with Crippen LogP contribution in [-0.2, 0) is 9.47 Å². The number of esters is 2. The molecule has 0 fully saturated rings. The number of hydrogen-bond acceptors (Lipinski definition) is 6. The van der Waals surface area contributed by atoms with Crippen LogP contribution >= 0.6 is 0 Å². The molecule has 0 radical (unpaired) electrons. The summed E-state index contributed by atoms with van der Waals surface area (Å²) in [5.41, 5.74) is 1.04. The zero-order chi connectivity index (χ0) is 23.1. The number of ether oxygens (including phenoxy) is 2. The van der Waals surface area contributed by atoms with Gasteiger partial charge in [0.25, 0.3) is 11.8 Å². The molecule has 2 aromatic carbocycles. The van der Waals surface area contributed by atoms with Crippen molar-refractivity contribution >= 4 is 23.8 Å². The number of carbonyl (C=O) groups excluding carboxylic acids is 4. The Hall–Kier alpha value is -3.68. The van der Waals surface area contributed by atoms with E-state index in [1.165, 1.54) is 24.3 Å². The van der Waals surface area contributed by atoms with E-state index in [4.69, 9.17) is 9.47 Å². The van der Waals surface area contributed by atoms with E-state index in [2.05, 4.69) is 10.6 Å². The lowest BCUT2D eigenvalue weighted by Gasteiger charge is -2.19. The van der Waals surface area contributed by atoms with Crippen molar-refractivity contribution in [2.24, 2.45) is 0 Å². The SMILES string of the molecule is CC[C@@H]1COC(=O)c2cccc(c2)C(=O)OC[C@H](CC)NC(=O)c2cccc(c2)C(=O)N1. The second-order valence-corrected chi connectivity index (χ2v) is 7.52. The predicted octanol–water partition coefficient (Wildman–Crippen LogP) is 2.73. The summed E-state index contributed by atoms with van der Waals surface area (Å²) in [5.74, 6) is -1.94. The van der Waals surface area contributed by atoms with Crippen molar-refractivity contribution < 1.29 is 28.7 Å². The van der Waals surface area contributed by atoms with Crippen LogP contribution in [0.1, 0.15) is 68.1 Å². The van der Waals surface area contributed by atoms with Gasteiger partial charge >= 0.3 is 11.9 Å². The summed E-state index contributed by atoms with van der Waals surface area (Å²) in [7, 11) is 0. The zero-order valence-corrected chi connectivity index (χ0v) is 18.1. The van der Waals surface area contributed by atoms with Crippen LogP contribution in [0.3, 0.4) is 0 Å². The third kappa shape index (κ3) is 5.72. The maximum Gasteiger partial charge on any atom is 0.338 e. The van der Waals surface area contributed by atoms with Crippen LogP contribution in [0, 0.1) is 0 Å². The fraction of sp³-hybridized carbons (Fsp3) is 0.333. The summed E-state index contributed by atoms with van der Waals surface area (Å²) < 4.78 is 10.7. The number of benzene rings is 2. The highest BCUT2D eigenvalue weighted by atomic mass is 16.5. The Balaban J connectivity index is 1.90. The molecule has 1 heterocycles. The van der Waals surface area contributed by atoms with Gasteiger partial charge in [-0.2, -0.15) is 0 Å². The van der Waals surface area contributed by atoms with Gasteiger partial charge in [-0.15, -0.1) is 0 Å². The van der Waals surface area contributed by atoms with Crippen LogP contribution < -0.4 is 10.6 Å². The first-order valence-electron chi connectivity index (χ1n) is 10.6. The van der Waals surface area contributed by atoms with Gasteiger partial charge in [-0.3, -0.25) is 9.59 Å². The van der Waals surface area contributed by atoms with Gasteiger partial charge in [-0.25, -0.2) is 9.59 Å². The van der Waals surface area contributed by atoms with Crippen LogP contribution in [0.5, 0.6) is 0 Å². The average molecular weight is 438 g/mol. The van der Waals surface area contributed by atoms with Gasteiger partial charge in [-0.05, 0) is 49.2 Å². The quantitative estimate of drug-likeness (QED) is 0.698. The third-order valence-electron chi connectivity index (χ3n) is 5.21. The van der Waals surface area contributed by atoms with Crippen LogP contribution in [-0.4, -0.2) is 49.1 Å². The van der Waals surface area contributed by atoms with Crippen molar-refractivity contribution in [1.29, 1.82) is 0 Å². The molecule has 2 N–H and O–H groups in total. The fourth-order valence-electron chi connectivity index (χ4n) is 3.15. The molecule has 0 saturated carbocycles. The molecule has 32 heavy (non-hydrogen) atoms. The minimum absolute atomic E-state index is 0.0336. The molecule has 0 unspecified atom stereocenters. The summed E-state index contributed by atoms with van der Waals surface area (Å²) >= 11 is 0. The van der Waals surface area contributed by atoms with Crippen LogP contribution in [0.25, 0.3) is 0 Å². The third-order valence-corrected chi connectivity index (χ3v) is 5.21. The van der Waals surface area contributed by atoms with Crippen molar-refractivity contribution in [3.8, 4) is 0 Å². The maximum absolute atomic E-state index is 12.7. The Morgan fingerprint density at radius 1 is 0.688 bits per heavy atom. The fourth-order valence-corrected chi connectivity index (χ4v) is 3.15.